The van der Waals surface area contributed by atoms with E-state index in [0.29, 0.717) is 0 Å². The monoisotopic (exact) mass is 211 g/mol. The van der Waals surface area contributed by atoms with Crippen LogP contribution in [0.25, 0.3) is 0 Å². The number of hydrogen-bond donors (Lipinski definition) is 0. The van der Waals surface area contributed by atoms with Crippen molar-refractivity contribution < 1.29 is 32.4 Å². The van der Waals surface area contributed by atoms with Gasteiger partial charge in [0, 0.05) is 6.92 Å². The van der Waals surface area contributed by atoms with Gasteiger partial charge in [-0.3, -0.25) is 9.59 Å². The molecule has 1 rings (SSSR count). The van der Waals surface area contributed by atoms with Gasteiger partial charge in [-0.2, -0.15) is 8.78 Å². The summed E-state index contributed by atoms with van der Waals surface area (Å²) in [6.45, 7) is 0.782. The average Bonchev–Trinajstić information content (AvgIpc) is 2.20. The molecule has 0 aliphatic carbocycles. The summed E-state index contributed by atoms with van der Waals surface area (Å²) in [4.78, 5) is 35.4. The third kappa shape index (κ3) is 1.32. The Morgan fingerprint density at radius 2 is 2.00 bits per heavy atom. The molecule has 2 amide bonds. The Labute approximate surface area is 75.4 Å². The topological polar surface area (TPSA) is 63.7 Å². The fourth-order valence-electron chi connectivity index (χ4n) is 0.817. The van der Waals surface area contributed by atoms with Gasteiger partial charge in [0.25, 0.3) is 6.17 Å². The van der Waals surface area contributed by atoms with E-state index in [9.17, 15) is 27.6 Å². The molecule has 1 atom stereocenters. The second-order valence-electron chi connectivity index (χ2n) is 2.51. The zero-order valence-electron chi connectivity index (χ0n) is 6.79. The predicted octanol–water partition coefficient (Wildman–Crippen LogP) is -0.193. The highest BCUT2D eigenvalue weighted by Crippen LogP contribution is 2.32. The minimum absolute atomic E-state index is 0.562. The van der Waals surface area contributed by atoms with E-state index in [4.69, 9.17) is 0 Å². The molecule has 0 saturated carbocycles. The average molecular weight is 211 g/mol. The molecule has 0 bridgehead atoms. The third-order valence-corrected chi connectivity index (χ3v) is 1.42. The molecule has 0 aromatic rings. The molecule has 5 nitrogen and oxygen atoms in total. The molecular weight excluding hydrogens is 207 g/mol. The van der Waals surface area contributed by atoms with Gasteiger partial charge in [0.05, 0.1) is 0 Å². The highest BCUT2D eigenvalue weighted by molar-refractivity contribution is 6.09. The van der Waals surface area contributed by atoms with Crippen LogP contribution in [0.4, 0.5) is 13.2 Å². The van der Waals surface area contributed by atoms with Crippen LogP contribution in [0.3, 0.4) is 0 Å². The van der Waals surface area contributed by atoms with E-state index in [1.807, 2.05) is 0 Å². The van der Waals surface area contributed by atoms with Crippen LogP contribution < -0.4 is 0 Å². The molecule has 1 unspecified atom stereocenters. The van der Waals surface area contributed by atoms with Crippen LogP contribution >= 0.6 is 0 Å². The lowest BCUT2D eigenvalue weighted by Gasteiger charge is -2.10. The van der Waals surface area contributed by atoms with Crippen LogP contribution in [0.15, 0.2) is 0 Å². The Bertz CT molecular complexity index is 316. The second kappa shape index (κ2) is 2.96. The number of imide groups is 1. The normalized spacial score (nSPS) is 25.4. The van der Waals surface area contributed by atoms with Crippen LogP contribution in [0.2, 0.25) is 0 Å². The molecule has 1 saturated heterocycles. The van der Waals surface area contributed by atoms with E-state index < -0.39 is 34.9 Å². The van der Waals surface area contributed by atoms with E-state index in [0.717, 1.165) is 6.92 Å². The van der Waals surface area contributed by atoms with Gasteiger partial charge in [-0.1, -0.05) is 5.06 Å². The molecule has 1 fully saturated rings. The Kier molecular flexibility index (Phi) is 2.22. The maximum absolute atomic E-state index is 12.5. The molecule has 8 heteroatoms. The largest absolute Gasteiger partial charge is 0.367 e. The first-order chi connectivity index (χ1) is 6.28. The van der Waals surface area contributed by atoms with Crippen molar-refractivity contribution in [3.8, 4) is 0 Å². The fraction of sp³-hybridized carbons (Fsp3) is 0.500. The highest BCUT2D eigenvalue weighted by Gasteiger charge is 2.65. The smallest absolute Gasteiger partial charge is 0.330 e. The van der Waals surface area contributed by atoms with E-state index in [1.54, 1.807) is 0 Å². The minimum atomic E-state index is -4.47. The maximum atomic E-state index is 12.5. The number of carbonyl (C=O) groups is 3. The quantitative estimate of drug-likeness (QED) is 0.564. The van der Waals surface area contributed by atoms with Crippen LogP contribution in [0, 0.1) is 0 Å². The number of alkyl halides is 3. The lowest BCUT2D eigenvalue weighted by Crippen LogP contribution is -2.36. The number of rotatable bonds is 1. The number of amides is 2. The van der Waals surface area contributed by atoms with E-state index in [-0.39, 0.29) is 0 Å². The van der Waals surface area contributed by atoms with Crippen molar-refractivity contribution in [1.82, 2.24) is 5.06 Å². The van der Waals surface area contributed by atoms with E-state index >= 15 is 0 Å². The van der Waals surface area contributed by atoms with Crippen molar-refractivity contribution >= 4 is 17.8 Å². The first-order valence-corrected chi connectivity index (χ1v) is 3.37. The first kappa shape index (κ1) is 10.5. The molecule has 1 aliphatic rings. The van der Waals surface area contributed by atoms with Gasteiger partial charge < -0.3 is 4.84 Å². The molecule has 0 aromatic heterocycles. The summed E-state index contributed by atoms with van der Waals surface area (Å²) >= 11 is 0. The van der Waals surface area contributed by atoms with Gasteiger partial charge in [0.1, 0.15) is 0 Å². The fourth-order valence-corrected chi connectivity index (χ4v) is 0.817. The second-order valence-corrected chi connectivity index (χ2v) is 2.51. The molecule has 0 radical (unpaired) electrons. The summed E-state index contributed by atoms with van der Waals surface area (Å²) in [5, 5.41) is -0.562. The van der Waals surface area contributed by atoms with Gasteiger partial charge in [-0.25, -0.2) is 9.18 Å². The summed E-state index contributed by atoms with van der Waals surface area (Å²) in [6, 6.07) is 0. The predicted molar refractivity (Wildman–Crippen MR) is 33.5 cm³/mol. The summed E-state index contributed by atoms with van der Waals surface area (Å²) in [7, 11) is 0. The third-order valence-electron chi connectivity index (χ3n) is 1.42. The molecule has 0 N–H and O–H groups in total. The standard InChI is InChI=1S/C6H4F3NO4/c1-2(11)14-10-4(12)3(7)6(8,9)5(10)13/h3H,1H3. The molecule has 1 heterocycles. The lowest BCUT2D eigenvalue weighted by atomic mass is 10.2. The lowest BCUT2D eigenvalue weighted by molar-refractivity contribution is -0.200. The molecule has 14 heavy (non-hydrogen) atoms. The number of halogens is 3. The number of carbonyl (C=O) groups excluding carboxylic acids is 3. The van der Waals surface area contributed by atoms with Crippen LogP contribution in [-0.4, -0.2) is 34.9 Å². The van der Waals surface area contributed by atoms with Crippen molar-refractivity contribution in [2.75, 3.05) is 0 Å². The first-order valence-electron chi connectivity index (χ1n) is 3.37. The summed E-state index contributed by atoms with van der Waals surface area (Å²) in [5.74, 6) is -9.69. The summed E-state index contributed by atoms with van der Waals surface area (Å²) in [6.07, 6.45) is -3.30. The zero-order chi connectivity index (χ0) is 11.1. The molecular formula is C6H4F3NO4. The number of hydroxylamine groups is 2. The Hall–Kier alpha value is -1.60. The summed E-state index contributed by atoms with van der Waals surface area (Å²) < 4.78 is 37.5. The molecule has 0 spiro atoms. The van der Waals surface area contributed by atoms with Crippen molar-refractivity contribution in [2.24, 2.45) is 0 Å². The number of nitrogens with zero attached hydrogens (tertiary/aromatic N) is 1. The Morgan fingerprint density at radius 3 is 2.29 bits per heavy atom. The molecule has 78 valence electrons. The van der Waals surface area contributed by atoms with Crippen LogP contribution in [0.1, 0.15) is 6.92 Å². The van der Waals surface area contributed by atoms with Gasteiger partial charge in [0.2, 0.25) is 0 Å². The summed E-state index contributed by atoms with van der Waals surface area (Å²) in [5.41, 5.74) is 0. The van der Waals surface area contributed by atoms with Crippen molar-refractivity contribution in [1.29, 1.82) is 0 Å². The van der Waals surface area contributed by atoms with Crippen molar-refractivity contribution in [2.45, 2.75) is 19.0 Å². The van der Waals surface area contributed by atoms with Gasteiger partial charge in [-0.05, 0) is 0 Å². The van der Waals surface area contributed by atoms with Crippen molar-refractivity contribution in [3.05, 3.63) is 0 Å². The highest BCUT2D eigenvalue weighted by atomic mass is 19.3. The number of hydrogen-bond acceptors (Lipinski definition) is 4. The Balaban J connectivity index is 2.96. The molecule has 0 aromatic carbocycles. The van der Waals surface area contributed by atoms with Gasteiger partial charge in [0.15, 0.2) is 0 Å². The van der Waals surface area contributed by atoms with Crippen molar-refractivity contribution in [3.63, 3.8) is 0 Å². The minimum Gasteiger partial charge on any atom is -0.330 e. The van der Waals surface area contributed by atoms with Gasteiger partial charge >= 0.3 is 23.7 Å². The maximum Gasteiger partial charge on any atom is 0.367 e. The van der Waals surface area contributed by atoms with E-state index in [2.05, 4.69) is 4.84 Å². The SMILES string of the molecule is CC(=O)ON1C(=O)C(F)C(F)(F)C1=O. The van der Waals surface area contributed by atoms with E-state index in [1.165, 1.54) is 0 Å². The molecule has 1 aliphatic heterocycles. The van der Waals surface area contributed by atoms with Crippen LogP contribution in [-0.2, 0) is 19.2 Å². The zero-order valence-corrected chi connectivity index (χ0v) is 6.79. The van der Waals surface area contributed by atoms with Crippen LogP contribution in [0.5, 0.6) is 0 Å². The van der Waals surface area contributed by atoms with Gasteiger partial charge in [-0.15, -0.1) is 0 Å². The Morgan fingerprint density at radius 1 is 1.50 bits per heavy atom.